The number of aromatic nitrogens is 2. The summed E-state index contributed by atoms with van der Waals surface area (Å²) in [4.78, 5) is 37.3. The number of amides is 2. The van der Waals surface area contributed by atoms with Crippen molar-refractivity contribution >= 4 is 32.7 Å². The van der Waals surface area contributed by atoms with Gasteiger partial charge >= 0.3 is 0 Å². The Kier molecular flexibility index (Phi) is 8.44. The lowest BCUT2D eigenvalue weighted by molar-refractivity contribution is -0.126. The van der Waals surface area contributed by atoms with Gasteiger partial charge in [0.15, 0.2) is 0 Å². The molecule has 2 amide bonds. The molecule has 44 heavy (non-hydrogen) atoms. The van der Waals surface area contributed by atoms with Gasteiger partial charge in [0.05, 0.1) is 10.4 Å². The molecule has 2 aromatic heterocycles. The molecule has 0 radical (unpaired) electrons. The first-order chi connectivity index (χ1) is 21.4. The van der Waals surface area contributed by atoms with Crippen molar-refractivity contribution < 1.29 is 18.0 Å². The zero-order chi connectivity index (χ0) is 30.5. The van der Waals surface area contributed by atoms with Gasteiger partial charge in [-0.15, -0.1) is 0 Å². The lowest BCUT2D eigenvalue weighted by atomic mass is 9.91. The fraction of sp³-hybridized carbons (Fsp3) is 0.176. The highest BCUT2D eigenvalue weighted by atomic mass is 32.2. The lowest BCUT2D eigenvalue weighted by Crippen LogP contribution is -2.61. The molecule has 222 valence electrons. The van der Waals surface area contributed by atoms with Crippen molar-refractivity contribution in [2.24, 2.45) is 0 Å². The molecule has 0 bridgehead atoms. The summed E-state index contributed by atoms with van der Waals surface area (Å²) in [5.41, 5.74) is 2.94. The van der Waals surface area contributed by atoms with Crippen LogP contribution in [0.1, 0.15) is 27.5 Å². The molecule has 10 heteroatoms. The van der Waals surface area contributed by atoms with Crippen molar-refractivity contribution in [3.63, 3.8) is 0 Å². The smallest absolute Gasteiger partial charge is 0.272 e. The molecule has 0 aliphatic carbocycles. The van der Waals surface area contributed by atoms with Crippen LogP contribution >= 0.6 is 0 Å². The van der Waals surface area contributed by atoms with Crippen LogP contribution in [0, 0.1) is 0 Å². The van der Waals surface area contributed by atoms with Crippen molar-refractivity contribution in [2.75, 3.05) is 26.2 Å². The van der Waals surface area contributed by atoms with E-state index in [4.69, 9.17) is 0 Å². The van der Waals surface area contributed by atoms with Gasteiger partial charge in [0.25, 0.3) is 5.91 Å². The molecule has 1 fully saturated rings. The van der Waals surface area contributed by atoms with Crippen LogP contribution in [-0.2, 0) is 14.8 Å². The van der Waals surface area contributed by atoms with Crippen molar-refractivity contribution in [1.82, 2.24) is 24.5 Å². The third-order valence-electron chi connectivity index (χ3n) is 7.87. The molecule has 6 rings (SSSR count). The van der Waals surface area contributed by atoms with Gasteiger partial charge in [0.2, 0.25) is 15.9 Å². The fourth-order valence-corrected chi connectivity index (χ4v) is 7.18. The van der Waals surface area contributed by atoms with Crippen LogP contribution < -0.4 is 5.32 Å². The van der Waals surface area contributed by atoms with E-state index in [1.165, 1.54) is 21.5 Å². The topological polar surface area (TPSA) is 113 Å². The highest BCUT2D eigenvalue weighted by Gasteiger charge is 2.42. The van der Waals surface area contributed by atoms with Gasteiger partial charge in [-0.25, -0.2) is 8.42 Å². The number of fused-ring (bicyclic) bond motifs is 1. The molecule has 3 aromatic carbocycles. The van der Waals surface area contributed by atoms with Crippen LogP contribution in [-0.4, -0.2) is 71.6 Å². The summed E-state index contributed by atoms with van der Waals surface area (Å²) in [7, 11) is -4.11. The van der Waals surface area contributed by atoms with E-state index in [0.29, 0.717) is 10.9 Å². The standard InChI is InChI=1S/C34H31N5O4S/c40-33(37-23-29(25-10-3-1-4-11-25)26-12-5-2-6-13-26)32-24-38(34(41)31-15-7-8-18-36-31)20-21-39(32)44(42,43)28-16-17-30-27(22-28)14-9-19-35-30/h1-19,22,29,32H,20-21,23-24H2,(H,37,40). The highest BCUT2D eigenvalue weighted by molar-refractivity contribution is 7.89. The normalized spacial score (nSPS) is 15.8. The molecule has 0 spiro atoms. The van der Waals surface area contributed by atoms with E-state index >= 15 is 0 Å². The average Bonchev–Trinajstić information content (AvgIpc) is 3.08. The monoisotopic (exact) mass is 605 g/mol. The van der Waals surface area contributed by atoms with E-state index in [0.717, 1.165) is 11.1 Å². The van der Waals surface area contributed by atoms with Gasteiger partial charge in [-0.3, -0.25) is 19.6 Å². The maximum atomic E-state index is 14.1. The number of hydrogen-bond acceptors (Lipinski definition) is 6. The highest BCUT2D eigenvalue weighted by Crippen LogP contribution is 2.27. The molecule has 1 saturated heterocycles. The second-order valence-corrected chi connectivity index (χ2v) is 12.5. The van der Waals surface area contributed by atoms with Gasteiger partial charge in [0.1, 0.15) is 11.7 Å². The van der Waals surface area contributed by atoms with Crippen LogP contribution in [0.5, 0.6) is 0 Å². The Morgan fingerprint density at radius 2 is 1.48 bits per heavy atom. The lowest BCUT2D eigenvalue weighted by Gasteiger charge is -2.39. The number of sulfonamides is 1. The second kappa shape index (κ2) is 12.7. The molecule has 1 atom stereocenters. The zero-order valence-electron chi connectivity index (χ0n) is 23.9. The number of carbonyl (C=O) groups excluding carboxylic acids is 2. The Balaban J connectivity index is 1.30. The summed E-state index contributed by atoms with van der Waals surface area (Å²) in [6.07, 6.45) is 3.17. The van der Waals surface area contributed by atoms with Gasteiger partial charge in [-0.1, -0.05) is 72.8 Å². The van der Waals surface area contributed by atoms with E-state index < -0.39 is 22.0 Å². The van der Waals surface area contributed by atoms with Gasteiger partial charge in [0, 0.05) is 49.9 Å². The van der Waals surface area contributed by atoms with Gasteiger partial charge in [-0.05, 0) is 47.5 Å². The maximum absolute atomic E-state index is 14.1. The summed E-state index contributed by atoms with van der Waals surface area (Å²) >= 11 is 0. The molecular formula is C34H31N5O4S. The molecule has 5 aromatic rings. The Bertz CT molecular complexity index is 1830. The van der Waals surface area contributed by atoms with Crippen LogP contribution in [0.2, 0.25) is 0 Å². The molecule has 3 heterocycles. The van der Waals surface area contributed by atoms with Crippen LogP contribution in [0.4, 0.5) is 0 Å². The summed E-state index contributed by atoms with van der Waals surface area (Å²) in [5.74, 6) is -0.996. The number of benzene rings is 3. The van der Waals surface area contributed by atoms with Gasteiger partial charge in [-0.2, -0.15) is 4.31 Å². The first-order valence-corrected chi connectivity index (χ1v) is 15.8. The predicted molar refractivity (Wildman–Crippen MR) is 167 cm³/mol. The quantitative estimate of drug-likeness (QED) is 0.285. The number of hydrogen-bond donors (Lipinski definition) is 1. The summed E-state index contributed by atoms with van der Waals surface area (Å²) in [6.45, 7) is 0.194. The Morgan fingerprint density at radius 1 is 0.795 bits per heavy atom. The minimum absolute atomic E-state index is 0.0507. The number of pyridine rings is 2. The number of nitrogens with zero attached hydrogens (tertiary/aromatic N) is 4. The molecule has 1 aliphatic rings. The molecule has 1 aliphatic heterocycles. The van der Waals surface area contributed by atoms with Crippen molar-refractivity contribution in [3.8, 4) is 0 Å². The van der Waals surface area contributed by atoms with E-state index in [1.807, 2.05) is 60.7 Å². The van der Waals surface area contributed by atoms with E-state index in [2.05, 4.69) is 15.3 Å². The van der Waals surface area contributed by atoms with Crippen molar-refractivity contribution in [2.45, 2.75) is 16.9 Å². The first-order valence-electron chi connectivity index (χ1n) is 14.4. The van der Waals surface area contributed by atoms with Crippen LogP contribution in [0.15, 0.2) is 126 Å². The largest absolute Gasteiger partial charge is 0.354 e. The first kappa shape index (κ1) is 29.2. The van der Waals surface area contributed by atoms with E-state index in [1.54, 1.807) is 48.7 Å². The molecular weight excluding hydrogens is 574 g/mol. The molecule has 9 nitrogen and oxygen atoms in total. The third-order valence-corrected chi connectivity index (χ3v) is 9.77. The number of piperazine rings is 1. The van der Waals surface area contributed by atoms with Crippen LogP contribution in [0.25, 0.3) is 10.9 Å². The van der Waals surface area contributed by atoms with Crippen molar-refractivity contribution in [1.29, 1.82) is 0 Å². The number of rotatable bonds is 8. The minimum Gasteiger partial charge on any atom is -0.354 e. The zero-order valence-corrected chi connectivity index (χ0v) is 24.7. The molecule has 0 saturated carbocycles. The van der Waals surface area contributed by atoms with Crippen molar-refractivity contribution in [3.05, 3.63) is 138 Å². The maximum Gasteiger partial charge on any atom is 0.272 e. The Labute approximate surface area is 256 Å². The summed E-state index contributed by atoms with van der Waals surface area (Å²) in [6, 6.07) is 31.8. The predicted octanol–water partition coefficient (Wildman–Crippen LogP) is 4.09. The van der Waals surface area contributed by atoms with E-state index in [9.17, 15) is 18.0 Å². The minimum atomic E-state index is -4.11. The third kappa shape index (κ3) is 6.08. The number of carbonyl (C=O) groups is 2. The second-order valence-electron chi connectivity index (χ2n) is 10.6. The molecule has 1 unspecified atom stereocenters. The Morgan fingerprint density at radius 3 is 2.16 bits per heavy atom. The molecule has 1 N–H and O–H groups in total. The average molecular weight is 606 g/mol. The SMILES string of the molecule is O=C(NCC(c1ccccc1)c1ccccc1)C1CN(C(=O)c2ccccn2)CCN1S(=O)(=O)c1ccc2ncccc2c1. The van der Waals surface area contributed by atoms with E-state index in [-0.39, 0.29) is 48.6 Å². The summed E-state index contributed by atoms with van der Waals surface area (Å²) in [5, 5.41) is 3.70. The number of nitrogens with one attached hydrogen (secondary N) is 1. The van der Waals surface area contributed by atoms with Gasteiger partial charge < -0.3 is 10.2 Å². The summed E-state index contributed by atoms with van der Waals surface area (Å²) < 4.78 is 29.4. The van der Waals surface area contributed by atoms with Crippen LogP contribution in [0.3, 0.4) is 0 Å². The Hall–Kier alpha value is -4.93. The fourth-order valence-electron chi connectivity index (χ4n) is 5.57.